The van der Waals surface area contributed by atoms with Crippen molar-refractivity contribution in [1.82, 2.24) is 19.5 Å². The van der Waals surface area contributed by atoms with Crippen LogP contribution in [-0.2, 0) is 0 Å². The van der Waals surface area contributed by atoms with E-state index in [1.54, 1.807) is 0 Å². The van der Waals surface area contributed by atoms with Crippen LogP contribution in [0.25, 0.3) is 11.2 Å². The van der Waals surface area contributed by atoms with Gasteiger partial charge in [-0.2, -0.15) is 9.97 Å². The number of hydrogen-bond acceptors (Lipinski definition) is 4. The lowest BCUT2D eigenvalue weighted by Crippen LogP contribution is -2.09. The van der Waals surface area contributed by atoms with Gasteiger partial charge >= 0.3 is 0 Å². The normalized spacial score (nSPS) is 12.8. The van der Waals surface area contributed by atoms with Crippen molar-refractivity contribution in [3.8, 4) is 0 Å². The van der Waals surface area contributed by atoms with Crippen LogP contribution in [0.5, 0.6) is 0 Å². The predicted molar refractivity (Wildman–Crippen MR) is 78.7 cm³/mol. The number of anilines is 1. The second-order valence-corrected chi connectivity index (χ2v) is 5.04. The molecule has 1 atom stereocenters. The first kappa shape index (κ1) is 14.1. The Bertz CT molecular complexity index is 551. The number of rotatable bonds is 6. The Morgan fingerprint density at radius 2 is 2.16 bits per heavy atom. The lowest BCUT2D eigenvalue weighted by Gasteiger charge is -2.14. The van der Waals surface area contributed by atoms with E-state index >= 15 is 0 Å². The second kappa shape index (κ2) is 6.19. The van der Waals surface area contributed by atoms with Gasteiger partial charge in [-0.25, -0.2) is 4.98 Å². The standard InChI is InChI=1S/C13H20ClN5/c1-4-6-7-15-11-10-12(18-13(14)17-11)16-8-19(10)9(3)5-2/h8-9H,4-7H2,1-3H3,(H,15,17,18). The molecule has 0 aliphatic heterocycles. The molecule has 0 aliphatic rings. The summed E-state index contributed by atoms with van der Waals surface area (Å²) in [6.45, 7) is 7.35. The minimum atomic E-state index is 0.237. The molecule has 6 heteroatoms. The molecule has 2 aromatic rings. The highest BCUT2D eigenvalue weighted by Crippen LogP contribution is 2.25. The predicted octanol–water partition coefficient (Wildman–Crippen LogP) is 3.66. The van der Waals surface area contributed by atoms with Crippen molar-refractivity contribution in [1.29, 1.82) is 0 Å². The highest BCUT2D eigenvalue weighted by Gasteiger charge is 2.15. The number of nitrogens with zero attached hydrogens (tertiary/aromatic N) is 4. The van der Waals surface area contributed by atoms with E-state index in [1.807, 2.05) is 6.33 Å². The molecule has 0 saturated carbocycles. The van der Waals surface area contributed by atoms with Gasteiger partial charge in [0.1, 0.15) is 5.52 Å². The lowest BCUT2D eigenvalue weighted by atomic mass is 10.2. The molecule has 5 nitrogen and oxygen atoms in total. The zero-order valence-corrected chi connectivity index (χ0v) is 12.4. The van der Waals surface area contributed by atoms with E-state index in [-0.39, 0.29) is 5.28 Å². The van der Waals surface area contributed by atoms with Crippen molar-refractivity contribution in [2.45, 2.75) is 46.1 Å². The van der Waals surface area contributed by atoms with Crippen molar-refractivity contribution in [3.63, 3.8) is 0 Å². The smallest absolute Gasteiger partial charge is 0.226 e. The van der Waals surface area contributed by atoms with Gasteiger partial charge in [0.15, 0.2) is 11.5 Å². The molecule has 0 fully saturated rings. The van der Waals surface area contributed by atoms with Crippen molar-refractivity contribution >= 4 is 28.6 Å². The van der Waals surface area contributed by atoms with Crippen LogP contribution in [0.1, 0.15) is 46.1 Å². The number of imidazole rings is 1. The topological polar surface area (TPSA) is 55.6 Å². The van der Waals surface area contributed by atoms with Crippen LogP contribution in [0.3, 0.4) is 0 Å². The van der Waals surface area contributed by atoms with Crippen LogP contribution < -0.4 is 5.32 Å². The maximum Gasteiger partial charge on any atom is 0.226 e. The Morgan fingerprint density at radius 1 is 1.37 bits per heavy atom. The largest absolute Gasteiger partial charge is 0.368 e. The molecule has 104 valence electrons. The third kappa shape index (κ3) is 2.97. The number of halogens is 1. The van der Waals surface area contributed by atoms with E-state index in [0.717, 1.165) is 37.1 Å². The number of nitrogens with one attached hydrogen (secondary N) is 1. The summed E-state index contributed by atoms with van der Waals surface area (Å²) in [6.07, 6.45) is 5.08. The molecular formula is C13H20ClN5. The summed E-state index contributed by atoms with van der Waals surface area (Å²) in [5, 5.41) is 3.58. The van der Waals surface area contributed by atoms with Crippen LogP contribution in [-0.4, -0.2) is 26.1 Å². The Morgan fingerprint density at radius 3 is 2.84 bits per heavy atom. The number of unbranched alkanes of at least 4 members (excludes halogenated alkanes) is 1. The molecular weight excluding hydrogens is 262 g/mol. The zero-order valence-electron chi connectivity index (χ0n) is 11.6. The van der Waals surface area contributed by atoms with E-state index in [1.165, 1.54) is 0 Å². The van der Waals surface area contributed by atoms with E-state index in [2.05, 4.69) is 45.6 Å². The Balaban J connectivity index is 2.43. The van der Waals surface area contributed by atoms with E-state index in [0.29, 0.717) is 11.7 Å². The van der Waals surface area contributed by atoms with Gasteiger partial charge in [0.2, 0.25) is 5.28 Å². The highest BCUT2D eigenvalue weighted by molar-refractivity contribution is 6.28. The van der Waals surface area contributed by atoms with Crippen molar-refractivity contribution in [2.24, 2.45) is 0 Å². The summed E-state index contributed by atoms with van der Waals surface area (Å²) in [7, 11) is 0. The number of aromatic nitrogens is 4. The molecule has 19 heavy (non-hydrogen) atoms. The van der Waals surface area contributed by atoms with Gasteiger partial charge in [0.25, 0.3) is 0 Å². The molecule has 1 N–H and O–H groups in total. The maximum atomic E-state index is 5.95. The van der Waals surface area contributed by atoms with Gasteiger partial charge in [-0.15, -0.1) is 0 Å². The summed E-state index contributed by atoms with van der Waals surface area (Å²) in [5.74, 6) is 0.779. The number of hydrogen-bond donors (Lipinski definition) is 1. The van der Waals surface area contributed by atoms with E-state index in [4.69, 9.17) is 11.6 Å². The summed E-state index contributed by atoms with van der Waals surface area (Å²) in [4.78, 5) is 12.8. The second-order valence-electron chi connectivity index (χ2n) is 4.70. The average Bonchev–Trinajstić information content (AvgIpc) is 2.81. The van der Waals surface area contributed by atoms with Crippen LogP contribution in [0, 0.1) is 0 Å². The monoisotopic (exact) mass is 281 g/mol. The summed E-state index contributed by atoms with van der Waals surface area (Å²) in [6, 6.07) is 0.363. The molecule has 0 saturated heterocycles. The molecule has 2 rings (SSSR count). The Hall–Kier alpha value is -1.36. The Kier molecular flexibility index (Phi) is 4.58. The molecule has 0 bridgehead atoms. The van der Waals surface area contributed by atoms with Crippen LogP contribution in [0.4, 0.5) is 5.82 Å². The van der Waals surface area contributed by atoms with Crippen LogP contribution in [0.2, 0.25) is 5.28 Å². The van der Waals surface area contributed by atoms with E-state index < -0.39 is 0 Å². The van der Waals surface area contributed by atoms with Gasteiger partial charge in [-0.3, -0.25) is 0 Å². The minimum absolute atomic E-state index is 0.237. The first-order valence-electron chi connectivity index (χ1n) is 6.81. The molecule has 2 heterocycles. The third-order valence-corrected chi connectivity index (χ3v) is 3.46. The highest BCUT2D eigenvalue weighted by atomic mass is 35.5. The summed E-state index contributed by atoms with van der Waals surface area (Å²) < 4.78 is 2.11. The molecule has 0 spiro atoms. The lowest BCUT2D eigenvalue weighted by molar-refractivity contribution is 0.544. The molecule has 0 aromatic carbocycles. The van der Waals surface area contributed by atoms with Crippen LogP contribution in [0.15, 0.2) is 6.33 Å². The minimum Gasteiger partial charge on any atom is -0.368 e. The van der Waals surface area contributed by atoms with Crippen molar-refractivity contribution in [2.75, 3.05) is 11.9 Å². The van der Waals surface area contributed by atoms with Gasteiger partial charge in [-0.05, 0) is 31.4 Å². The maximum absolute atomic E-state index is 5.95. The van der Waals surface area contributed by atoms with E-state index in [9.17, 15) is 0 Å². The van der Waals surface area contributed by atoms with Gasteiger partial charge < -0.3 is 9.88 Å². The van der Waals surface area contributed by atoms with Gasteiger partial charge in [0, 0.05) is 12.6 Å². The SMILES string of the molecule is CCCCNc1nc(Cl)nc2ncn(C(C)CC)c12. The molecule has 0 aliphatic carbocycles. The molecule has 0 radical (unpaired) electrons. The van der Waals surface area contributed by atoms with Gasteiger partial charge in [0.05, 0.1) is 6.33 Å². The first-order chi connectivity index (χ1) is 9.17. The molecule has 0 amide bonds. The third-order valence-electron chi connectivity index (χ3n) is 3.29. The van der Waals surface area contributed by atoms with Crippen LogP contribution >= 0.6 is 11.6 Å². The first-order valence-corrected chi connectivity index (χ1v) is 7.19. The number of fused-ring (bicyclic) bond motifs is 1. The molecule has 2 aromatic heterocycles. The fourth-order valence-electron chi connectivity index (χ4n) is 1.96. The van der Waals surface area contributed by atoms with Crippen molar-refractivity contribution < 1.29 is 0 Å². The summed E-state index contributed by atoms with van der Waals surface area (Å²) in [5.41, 5.74) is 1.59. The van der Waals surface area contributed by atoms with Gasteiger partial charge in [-0.1, -0.05) is 20.3 Å². The average molecular weight is 282 g/mol. The fraction of sp³-hybridized carbons (Fsp3) is 0.615. The fourth-order valence-corrected chi connectivity index (χ4v) is 2.12. The Labute approximate surface area is 118 Å². The zero-order chi connectivity index (χ0) is 13.8. The quantitative estimate of drug-likeness (QED) is 0.648. The van der Waals surface area contributed by atoms with Crippen molar-refractivity contribution in [3.05, 3.63) is 11.6 Å². The molecule has 1 unspecified atom stereocenters. The summed E-state index contributed by atoms with van der Waals surface area (Å²) >= 11 is 5.95.